The molecule has 119 heavy (non-hydrogen) atoms. The molecular weight excluding hydrogens is 1510 g/mol. The van der Waals surface area contributed by atoms with Crippen LogP contribution in [0, 0.1) is 0 Å². The molecule has 17 aromatic carbocycles. The number of nitrogens with zero attached hydrogens (tertiary/aromatic N) is 6. The molecule has 0 aliphatic carbocycles. The molecule has 0 aliphatic heterocycles. The number of para-hydroxylation sites is 4. The summed E-state index contributed by atoms with van der Waals surface area (Å²) in [4.78, 5) is 25.7. The molecule has 12 heteroatoms. The van der Waals surface area contributed by atoms with Crippen molar-refractivity contribution in [2.24, 2.45) is 0 Å². The van der Waals surface area contributed by atoms with Gasteiger partial charge in [-0.2, -0.15) is 0 Å². The summed E-state index contributed by atoms with van der Waals surface area (Å²) >= 11 is 5.69. The lowest BCUT2D eigenvalue weighted by molar-refractivity contribution is 1.14. The van der Waals surface area contributed by atoms with Crippen LogP contribution in [0.15, 0.2) is 352 Å². The number of aromatic amines is 3. The van der Waals surface area contributed by atoms with E-state index in [0.29, 0.717) is 0 Å². The quantitative estimate of drug-likeness (QED) is 0.164. The van der Waals surface area contributed by atoms with Crippen molar-refractivity contribution in [2.75, 3.05) is 0 Å². The van der Waals surface area contributed by atoms with Crippen molar-refractivity contribution in [1.82, 2.24) is 43.6 Å². The maximum Gasteiger partial charge on any atom is 0.145 e. The molecule has 0 amide bonds. The van der Waals surface area contributed by atoms with Crippen molar-refractivity contribution < 1.29 is 0 Å². The first-order chi connectivity index (χ1) is 59.0. The van der Waals surface area contributed by atoms with Crippen LogP contribution in [0.25, 0.3) is 263 Å². The SMILES string of the molecule is c1ccc(-n2c3ccncc3c3cc4c(cc32)sc2c3ccccc3c3[nH]c5ccccc5c3c42)cc1.c1ccc2c(-n3c4cc5sc6c7ccccc7c7c8ccccc8[nH]c7c6c5cc4c4cccnc43)cccc2c1.c1ccc2cc(-n3c4cc5sc6c7ccccc7c7c8ccccc8[nH]c7c6c5cc4c4cccnc43)ccc2c1. The molecule has 0 saturated heterocycles. The third-order valence-corrected chi connectivity index (χ3v) is 28.8. The highest BCUT2D eigenvalue weighted by atomic mass is 32.1. The molecule has 12 aromatic heterocycles. The Morgan fingerprint density at radius 2 is 0.664 bits per heavy atom. The molecule has 3 N–H and O–H groups in total. The molecule has 0 spiro atoms. The van der Waals surface area contributed by atoms with E-state index in [2.05, 4.69) is 355 Å². The number of thiophene rings is 3. The Kier molecular flexibility index (Phi) is 13.6. The topological polar surface area (TPSA) is 101 Å². The van der Waals surface area contributed by atoms with E-state index in [1.807, 2.05) is 64.9 Å². The summed E-state index contributed by atoms with van der Waals surface area (Å²) in [5.74, 6) is 0. The van der Waals surface area contributed by atoms with Gasteiger partial charge in [0.15, 0.2) is 0 Å². The summed E-state index contributed by atoms with van der Waals surface area (Å²) in [5.41, 5.74) is 17.4. The van der Waals surface area contributed by atoms with Gasteiger partial charge >= 0.3 is 0 Å². The number of hydrogen-bond acceptors (Lipinski definition) is 6. The number of rotatable bonds is 3. The molecule has 0 aliphatic rings. The van der Waals surface area contributed by atoms with Crippen molar-refractivity contribution >= 4 is 279 Å². The Balaban J connectivity index is 0.0000000948. The zero-order valence-electron chi connectivity index (χ0n) is 63.4. The zero-order chi connectivity index (χ0) is 77.4. The molecule has 12 heterocycles. The summed E-state index contributed by atoms with van der Waals surface area (Å²) in [6.07, 6.45) is 7.70. The summed E-state index contributed by atoms with van der Waals surface area (Å²) in [5, 5.41) is 35.6. The minimum Gasteiger partial charge on any atom is -0.354 e. The van der Waals surface area contributed by atoms with Crippen LogP contribution in [-0.4, -0.2) is 43.6 Å². The third-order valence-electron chi connectivity index (χ3n) is 25.3. The molecule has 29 aromatic rings. The Morgan fingerprint density at radius 3 is 1.27 bits per heavy atom. The van der Waals surface area contributed by atoms with E-state index in [0.717, 1.165) is 22.7 Å². The number of nitrogens with one attached hydrogen (secondary N) is 3. The van der Waals surface area contributed by atoms with Gasteiger partial charge in [-0.25, -0.2) is 9.97 Å². The summed E-state index contributed by atoms with van der Waals surface area (Å²) < 4.78 is 15.0. The number of benzene rings is 17. The smallest absolute Gasteiger partial charge is 0.145 e. The van der Waals surface area contributed by atoms with Crippen molar-refractivity contribution in [3.8, 4) is 17.1 Å². The zero-order valence-corrected chi connectivity index (χ0v) is 65.8. The van der Waals surface area contributed by atoms with Crippen LogP contribution >= 0.6 is 34.0 Å². The summed E-state index contributed by atoms with van der Waals surface area (Å²) in [7, 11) is 0. The lowest BCUT2D eigenvalue weighted by atomic mass is 9.99. The molecular formula is C107H61N9S3. The highest BCUT2D eigenvalue weighted by molar-refractivity contribution is 7.28. The van der Waals surface area contributed by atoms with Crippen LogP contribution in [0.5, 0.6) is 0 Å². The maximum absolute atomic E-state index is 4.92. The van der Waals surface area contributed by atoms with E-state index in [1.54, 1.807) is 0 Å². The molecule has 0 atom stereocenters. The van der Waals surface area contributed by atoms with E-state index in [-0.39, 0.29) is 0 Å². The fraction of sp³-hybridized carbons (Fsp3) is 0. The largest absolute Gasteiger partial charge is 0.354 e. The second-order valence-corrected chi connectivity index (χ2v) is 34.6. The molecule has 29 rings (SSSR count). The van der Waals surface area contributed by atoms with Crippen molar-refractivity contribution in [3.05, 3.63) is 352 Å². The van der Waals surface area contributed by atoms with Crippen LogP contribution in [0.3, 0.4) is 0 Å². The van der Waals surface area contributed by atoms with Gasteiger partial charge in [0.25, 0.3) is 0 Å². The highest BCUT2D eigenvalue weighted by Gasteiger charge is 2.27. The Bertz CT molecular complexity index is 9480. The molecule has 0 radical (unpaired) electrons. The van der Waals surface area contributed by atoms with Crippen LogP contribution in [0.1, 0.15) is 0 Å². The maximum atomic E-state index is 4.92. The van der Waals surface area contributed by atoms with Crippen molar-refractivity contribution in [1.29, 1.82) is 0 Å². The normalized spacial score (nSPS) is 12.4. The first kappa shape index (κ1) is 65.2. The highest BCUT2D eigenvalue weighted by Crippen LogP contribution is 2.53. The van der Waals surface area contributed by atoms with E-state index < -0.39 is 0 Å². The van der Waals surface area contributed by atoms with Gasteiger partial charge < -0.3 is 19.5 Å². The Hall–Kier alpha value is -15.1. The predicted octanol–water partition coefficient (Wildman–Crippen LogP) is 30.3. The molecule has 0 saturated carbocycles. The van der Waals surface area contributed by atoms with E-state index in [4.69, 9.17) is 9.97 Å². The van der Waals surface area contributed by atoms with Crippen LogP contribution in [0.4, 0.5) is 0 Å². The summed E-state index contributed by atoms with van der Waals surface area (Å²) in [6.45, 7) is 0. The Labute approximate surface area is 687 Å². The predicted molar refractivity (Wildman–Crippen MR) is 510 cm³/mol. The average molecular weight is 1570 g/mol. The van der Waals surface area contributed by atoms with Gasteiger partial charge in [0.05, 0.1) is 44.3 Å². The van der Waals surface area contributed by atoms with Gasteiger partial charge in [-0.1, -0.05) is 212 Å². The number of H-pyrrole nitrogens is 3. The van der Waals surface area contributed by atoms with Gasteiger partial charge in [-0.3, -0.25) is 14.1 Å². The first-order valence-corrected chi connectivity index (χ1v) is 42.7. The molecule has 0 unspecified atom stereocenters. The molecule has 552 valence electrons. The minimum atomic E-state index is 0.987. The summed E-state index contributed by atoms with van der Waals surface area (Å²) in [6, 6.07) is 119. The van der Waals surface area contributed by atoms with Crippen molar-refractivity contribution in [3.63, 3.8) is 0 Å². The number of aromatic nitrogens is 9. The van der Waals surface area contributed by atoms with E-state index in [9.17, 15) is 0 Å². The fourth-order valence-electron chi connectivity index (χ4n) is 20.2. The molecule has 0 bridgehead atoms. The Morgan fingerprint density at radius 1 is 0.227 bits per heavy atom. The first-order valence-electron chi connectivity index (χ1n) is 40.3. The number of fused-ring (bicyclic) bond motifs is 41. The van der Waals surface area contributed by atoms with Crippen LogP contribution < -0.4 is 0 Å². The van der Waals surface area contributed by atoms with Gasteiger partial charge in [0.1, 0.15) is 11.3 Å². The van der Waals surface area contributed by atoms with Gasteiger partial charge in [0.2, 0.25) is 0 Å². The van der Waals surface area contributed by atoms with E-state index in [1.165, 1.54) is 240 Å². The fourth-order valence-corrected chi connectivity index (χ4v) is 24.0. The average Bonchev–Trinajstić information content (AvgIpc) is 1.55. The van der Waals surface area contributed by atoms with Gasteiger partial charge in [-0.05, 0) is 142 Å². The lowest BCUT2D eigenvalue weighted by Gasteiger charge is -2.10. The standard InChI is InChI=1S/2C37H21N3S.C33H19N3S/c1-2-11-22-21(9-1)10-7-17-30(22)40-31-20-32-28(19-27(31)25-15-8-18-38-37(25)40)34-35-33(26-14-5-6-16-29(26)39-35)23-12-3-4-13-24(23)36(34)41-32;1-2-9-22-18-23(16-15-21(22)8-1)40-31-20-32-29(19-28(31)26-13-7-17-38-37(26)40)34-35-33(27-12-5-6-14-30(27)39-35)24-10-3-4-11-25(24)36(34)41-32;1-2-8-19(9-3-1)36-27-14-15-34-18-25(27)23-16-24-29(17-28(23)36)37-33-21-11-5-4-10-20(21)32-30(31(24)33)22-12-6-7-13-26(22)35-32/h2*1-20,39H;1-18,35H. The minimum absolute atomic E-state index is 0.987. The molecule has 0 fully saturated rings. The van der Waals surface area contributed by atoms with E-state index >= 15 is 0 Å². The second-order valence-electron chi connectivity index (χ2n) is 31.4. The monoisotopic (exact) mass is 1570 g/mol. The van der Waals surface area contributed by atoms with Crippen LogP contribution in [0.2, 0.25) is 0 Å². The van der Waals surface area contributed by atoms with Crippen molar-refractivity contribution in [2.45, 2.75) is 0 Å². The third kappa shape index (κ3) is 9.24. The lowest BCUT2D eigenvalue weighted by Crippen LogP contribution is -1.96. The van der Waals surface area contributed by atoms with Gasteiger partial charge in [-0.15, -0.1) is 34.0 Å². The number of pyridine rings is 3. The van der Waals surface area contributed by atoms with Gasteiger partial charge in [0, 0.05) is 205 Å². The van der Waals surface area contributed by atoms with Crippen LogP contribution in [-0.2, 0) is 0 Å². The second kappa shape index (κ2) is 24.7. The molecule has 9 nitrogen and oxygen atoms in total. The number of hydrogen-bond donors (Lipinski definition) is 3.